The zero-order valence-corrected chi connectivity index (χ0v) is 14.8. The van der Waals surface area contributed by atoms with Crippen LogP contribution in [0.5, 0.6) is 0 Å². The molecule has 0 aliphatic heterocycles. The van der Waals surface area contributed by atoms with Gasteiger partial charge in [-0.1, -0.05) is 66.2 Å². The van der Waals surface area contributed by atoms with E-state index in [4.69, 9.17) is 0 Å². The van der Waals surface area contributed by atoms with Gasteiger partial charge in [-0.15, -0.1) is 0 Å². The largest absolute Gasteiger partial charge is 0.326 e. The molecule has 3 aliphatic rings. The molecule has 128 valence electrons. The topological polar surface area (TPSA) is 29.1 Å². The zero-order valence-electron chi connectivity index (χ0n) is 14.8. The van der Waals surface area contributed by atoms with Gasteiger partial charge < -0.3 is 5.32 Å². The Kier molecular flexibility index (Phi) is 3.46. The minimum Gasteiger partial charge on any atom is -0.326 e. The first-order chi connectivity index (χ1) is 12.7. The average Bonchev–Trinajstić information content (AvgIpc) is 2.69. The van der Waals surface area contributed by atoms with Crippen molar-refractivity contribution >= 4 is 11.6 Å². The molecule has 1 atom stereocenters. The summed E-state index contributed by atoms with van der Waals surface area (Å²) in [6, 6.07) is 25.3. The van der Waals surface area contributed by atoms with Crippen molar-refractivity contribution in [2.24, 2.45) is 5.92 Å². The van der Waals surface area contributed by atoms with Crippen molar-refractivity contribution in [1.29, 1.82) is 0 Å². The Balaban J connectivity index is 1.54. The molecule has 0 saturated carbocycles. The van der Waals surface area contributed by atoms with Crippen molar-refractivity contribution in [3.8, 4) is 0 Å². The van der Waals surface area contributed by atoms with Crippen LogP contribution in [0.15, 0.2) is 72.8 Å². The van der Waals surface area contributed by atoms with Crippen LogP contribution in [0.3, 0.4) is 0 Å². The lowest BCUT2D eigenvalue weighted by Gasteiger charge is -2.44. The van der Waals surface area contributed by atoms with Gasteiger partial charge in [-0.05, 0) is 47.7 Å². The molecule has 3 aliphatic carbocycles. The van der Waals surface area contributed by atoms with Gasteiger partial charge in [0.15, 0.2) is 0 Å². The van der Waals surface area contributed by atoms with Crippen LogP contribution in [0.1, 0.15) is 46.1 Å². The lowest BCUT2D eigenvalue weighted by atomic mass is 9.59. The zero-order chi connectivity index (χ0) is 17.7. The van der Waals surface area contributed by atoms with Gasteiger partial charge in [-0.2, -0.15) is 0 Å². The first kappa shape index (κ1) is 15.4. The van der Waals surface area contributed by atoms with Crippen LogP contribution in [0.4, 0.5) is 5.69 Å². The van der Waals surface area contributed by atoms with Crippen molar-refractivity contribution in [2.75, 3.05) is 5.32 Å². The van der Waals surface area contributed by atoms with Gasteiger partial charge in [-0.3, -0.25) is 4.79 Å². The van der Waals surface area contributed by atoms with E-state index in [0.29, 0.717) is 5.92 Å². The van der Waals surface area contributed by atoms with Crippen molar-refractivity contribution in [3.63, 3.8) is 0 Å². The van der Waals surface area contributed by atoms with Crippen molar-refractivity contribution in [3.05, 3.63) is 101 Å². The third kappa shape index (κ3) is 2.29. The molecule has 1 N–H and O–H groups in total. The van der Waals surface area contributed by atoms with E-state index in [1.54, 1.807) is 0 Å². The van der Waals surface area contributed by atoms with Crippen molar-refractivity contribution in [2.45, 2.75) is 25.2 Å². The van der Waals surface area contributed by atoms with Crippen molar-refractivity contribution in [1.82, 2.24) is 0 Å². The summed E-state index contributed by atoms with van der Waals surface area (Å²) in [7, 11) is 0. The van der Waals surface area contributed by atoms with Gasteiger partial charge in [0, 0.05) is 17.5 Å². The molecule has 6 rings (SSSR count). The van der Waals surface area contributed by atoms with E-state index in [9.17, 15) is 4.79 Å². The molecule has 0 saturated heterocycles. The second-order valence-corrected chi connectivity index (χ2v) is 7.49. The smallest absolute Gasteiger partial charge is 0.228 e. The molecule has 2 bridgehead atoms. The molecule has 3 aromatic carbocycles. The number of benzene rings is 3. The van der Waals surface area contributed by atoms with Crippen molar-refractivity contribution < 1.29 is 4.79 Å². The number of hydrogen-bond donors (Lipinski definition) is 1. The number of amides is 1. The molecule has 2 nitrogen and oxygen atoms in total. The summed E-state index contributed by atoms with van der Waals surface area (Å²) >= 11 is 0. The number of carbonyl (C=O) groups excluding carboxylic acids is 1. The van der Waals surface area contributed by atoms with Gasteiger partial charge in [0.2, 0.25) is 5.91 Å². The first-order valence-corrected chi connectivity index (χ1v) is 9.27. The summed E-state index contributed by atoms with van der Waals surface area (Å²) in [5, 5.41) is 3.15. The number of fused-ring (bicyclic) bond motifs is 1. The predicted molar refractivity (Wildman–Crippen MR) is 104 cm³/mol. The molecule has 0 unspecified atom stereocenters. The summed E-state index contributed by atoms with van der Waals surface area (Å²) < 4.78 is 0. The van der Waals surface area contributed by atoms with Crippen LogP contribution in [0, 0.1) is 12.8 Å². The summed E-state index contributed by atoms with van der Waals surface area (Å²) in [5.74, 6) is 0.581. The van der Waals surface area contributed by atoms with E-state index in [-0.39, 0.29) is 17.7 Å². The van der Waals surface area contributed by atoms with Crippen LogP contribution >= 0.6 is 0 Å². The minimum atomic E-state index is -0.0221. The molecule has 0 aromatic heterocycles. The molecular formula is C24H21NO. The highest BCUT2D eigenvalue weighted by molar-refractivity contribution is 5.94. The maximum atomic E-state index is 13.2. The second-order valence-electron chi connectivity index (χ2n) is 7.49. The predicted octanol–water partition coefficient (Wildman–Crippen LogP) is 5.23. The Morgan fingerprint density at radius 1 is 0.808 bits per heavy atom. The number of rotatable bonds is 2. The second kappa shape index (κ2) is 5.84. The first-order valence-electron chi connectivity index (χ1n) is 9.27. The number of anilines is 1. The number of aryl methyl sites for hydroxylation is 1. The van der Waals surface area contributed by atoms with Gasteiger partial charge in [0.25, 0.3) is 0 Å². The van der Waals surface area contributed by atoms with E-state index >= 15 is 0 Å². The summed E-state index contributed by atoms with van der Waals surface area (Å²) in [5.41, 5.74) is 7.52. The van der Waals surface area contributed by atoms with E-state index in [2.05, 4.69) is 60.8 Å². The number of nitrogens with one attached hydrogen (secondary N) is 1. The van der Waals surface area contributed by atoms with Crippen LogP contribution in [0.2, 0.25) is 0 Å². The van der Waals surface area contributed by atoms with Gasteiger partial charge in [-0.25, -0.2) is 0 Å². The molecule has 3 aromatic rings. The summed E-state index contributed by atoms with van der Waals surface area (Å²) in [6.45, 7) is 2.06. The third-order valence-electron chi connectivity index (χ3n) is 5.96. The van der Waals surface area contributed by atoms with E-state index in [1.165, 1.54) is 27.8 Å². The molecule has 0 radical (unpaired) electrons. The number of carbonyl (C=O) groups is 1. The highest BCUT2D eigenvalue weighted by Gasteiger charge is 2.45. The summed E-state index contributed by atoms with van der Waals surface area (Å²) in [4.78, 5) is 13.2. The van der Waals surface area contributed by atoms with E-state index in [0.717, 1.165) is 12.1 Å². The Bertz CT molecular complexity index is 942. The lowest BCUT2D eigenvalue weighted by Crippen LogP contribution is -2.38. The average molecular weight is 339 g/mol. The fraction of sp³-hybridized carbons (Fsp3) is 0.208. The van der Waals surface area contributed by atoms with Crippen LogP contribution in [-0.2, 0) is 4.79 Å². The van der Waals surface area contributed by atoms with Crippen LogP contribution in [0.25, 0.3) is 0 Å². The Morgan fingerprint density at radius 2 is 1.35 bits per heavy atom. The molecular weight excluding hydrogens is 318 g/mol. The van der Waals surface area contributed by atoms with E-state index in [1.807, 2.05) is 24.3 Å². The SMILES string of the molecule is Cc1ccc(NC(=O)[C@@H]2CC3c4ccccc4C2c2ccccc23)cc1. The maximum absolute atomic E-state index is 13.2. The van der Waals surface area contributed by atoms with Gasteiger partial charge >= 0.3 is 0 Å². The molecule has 0 heterocycles. The fourth-order valence-electron chi connectivity index (χ4n) is 4.77. The Morgan fingerprint density at radius 3 is 1.92 bits per heavy atom. The molecule has 0 spiro atoms. The Hall–Kier alpha value is -2.87. The molecule has 26 heavy (non-hydrogen) atoms. The van der Waals surface area contributed by atoms with E-state index < -0.39 is 0 Å². The monoisotopic (exact) mass is 339 g/mol. The standard InChI is InChI=1S/C24H21NO/c1-15-10-12-16(13-11-15)25-24(26)22-14-21-17-6-2-4-8-19(17)23(22)20-9-5-3-7-18(20)21/h2-13,21-23H,14H2,1H3,(H,25,26)/t21?,22-,23?/m1/s1. The van der Waals surface area contributed by atoms with Gasteiger partial charge in [0.05, 0.1) is 5.92 Å². The molecule has 1 amide bonds. The van der Waals surface area contributed by atoms with Crippen LogP contribution < -0.4 is 5.32 Å². The molecule has 2 heteroatoms. The third-order valence-corrected chi connectivity index (χ3v) is 5.96. The molecule has 0 fully saturated rings. The van der Waals surface area contributed by atoms with Crippen LogP contribution in [-0.4, -0.2) is 5.91 Å². The Labute approximate surface area is 153 Å². The lowest BCUT2D eigenvalue weighted by molar-refractivity contribution is -0.121. The maximum Gasteiger partial charge on any atom is 0.228 e. The normalized spacial score (nSPS) is 22.4. The highest BCUT2D eigenvalue weighted by Crippen LogP contribution is 2.55. The van der Waals surface area contributed by atoms with Gasteiger partial charge in [0.1, 0.15) is 0 Å². The highest BCUT2D eigenvalue weighted by atomic mass is 16.1. The minimum absolute atomic E-state index is 0.0221. The quantitative estimate of drug-likeness (QED) is 0.680. The summed E-state index contributed by atoms with van der Waals surface area (Å²) in [6.07, 6.45) is 0.885. The number of hydrogen-bond acceptors (Lipinski definition) is 1. The fourth-order valence-corrected chi connectivity index (χ4v) is 4.77.